The zero-order valence-corrected chi connectivity index (χ0v) is 12.1. The first-order valence-electron chi connectivity index (χ1n) is 6.35. The fraction of sp³-hybridized carbons (Fsp3) is 0.267. The lowest BCUT2D eigenvalue weighted by Gasteiger charge is -2.11. The van der Waals surface area contributed by atoms with E-state index in [4.69, 9.17) is 21.6 Å². The lowest BCUT2D eigenvalue weighted by Crippen LogP contribution is -2.01. The summed E-state index contributed by atoms with van der Waals surface area (Å²) >= 11 is 6.10. The van der Waals surface area contributed by atoms with Gasteiger partial charge >= 0.3 is 0 Å². The van der Waals surface area contributed by atoms with Crippen LogP contribution in [-0.2, 0) is 6.42 Å². The number of halogens is 1. The quantitative estimate of drug-likeness (QED) is 0.796. The highest BCUT2D eigenvalue weighted by Gasteiger charge is 2.12. The minimum absolute atomic E-state index is 0.382. The first kappa shape index (κ1) is 14.3. The molecule has 5 heteroatoms. The van der Waals surface area contributed by atoms with E-state index < -0.39 is 0 Å². The van der Waals surface area contributed by atoms with E-state index in [1.54, 1.807) is 31.2 Å². The maximum atomic E-state index is 9.07. The smallest absolute Gasteiger partial charge is 0.227 e. The molecule has 1 heterocycles. The van der Waals surface area contributed by atoms with Crippen molar-refractivity contribution in [3.8, 4) is 17.7 Å². The third-order valence-electron chi connectivity index (χ3n) is 2.78. The van der Waals surface area contributed by atoms with Gasteiger partial charge in [0.25, 0.3) is 0 Å². The molecule has 0 aliphatic rings. The third kappa shape index (κ3) is 3.06. The molecule has 1 aromatic heterocycles. The van der Waals surface area contributed by atoms with Crippen LogP contribution in [0.5, 0.6) is 11.6 Å². The fourth-order valence-electron chi connectivity index (χ4n) is 1.70. The molecule has 0 N–H and O–H groups in total. The van der Waals surface area contributed by atoms with Crippen LogP contribution in [0.2, 0.25) is 5.15 Å². The van der Waals surface area contributed by atoms with Crippen molar-refractivity contribution in [3.05, 3.63) is 46.4 Å². The Morgan fingerprint density at radius 3 is 2.75 bits per heavy atom. The Morgan fingerprint density at radius 1 is 1.30 bits per heavy atom. The zero-order valence-electron chi connectivity index (χ0n) is 11.4. The number of aromatic nitrogens is 2. The predicted molar refractivity (Wildman–Crippen MR) is 77.0 cm³/mol. The van der Waals surface area contributed by atoms with Crippen LogP contribution in [-0.4, -0.2) is 9.97 Å². The van der Waals surface area contributed by atoms with Crippen LogP contribution in [0.4, 0.5) is 0 Å². The van der Waals surface area contributed by atoms with E-state index in [1.165, 1.54) is 0 Å². The molecular formula is C15H14ClN3O. The largest absolute Gasteiger partial charge is 0.437 e. The van der Waals surface area contributed by atoms with Gasteiger partial charge < -0.3 is 4.74 Å². The van der Waals surface area contributed by atoms with E-state index in [2.05, 4.69) is 16.0 Å². The fourth-order valence-corrected chi connectivity index (χ4v) is 1.88. The third-order valence-corrected chi connectivity index (χ3v) is 3.14. The summed E-state index contributed by atoms with van der Waals surface area (Å²) in [4.78, 5) is 8.58. The Labute approximate surface area is 123 Å². The zero-order chi connectivity index (χ0) is 14.5. The number of aryl methyl sites for hydroxylation is 1. The number of para-hydroxylation sites is 1. The van der Waals surface area contributed by atoms with Crippen molar-refractivity contribution < 1.29 is 4.74 Å². The molecule has 20 heavy (non-hydrogen) atoms. The van der Waals surface area contributed by atoms with Gasteiger partial charge in [0.05, 0.1) is 5.56 Å². The summed E-state index contributed by atoms with van der Waals surface area (Å²) in [7, 11) is 0. The standard InChI is InChI=1S/C15H14ClN3O/c1-3-6-13-18-14(16)10(2)15(19-13)20-12-8-5-4-7-11(12)9-17/h4-5,7-8H,3,6H2,1-2H3. The molecule has 102 valence electrons. The average Bonchev–Trinajstić information content (AvgIpc) is 2.45. The minimum Gasteiger partial charge on any atom is -0.437 e. The van der Waals surface area contributed by atoms with Crippen molar-refractivity contribution in [2.24, 2.45) is 0 Å². The number of hydrogen-bond donors (Lipinski definition) is 0. The molecule has 2 rings (SSSR count). The number of rotatable bonds is 4. The van der Waals surface area contributed by atoms with Crippen molar-refractivity contribution >= 4 is 11.6 Å². The summed E-state index contributed by atoms with van der Waals surface area (Å²) in [6, 6.07) is 9.11. The summed E-state index contributed by atoms with van der Waals surface area (Å²) < 4.78 is 5.74. The van der Waals surface area contributed by atoms with Crippen LogP contribution in [0.25, 0.3) is 0 Å². The Hall–Kier alpha value is -2.12. The second kappa shape index (κ2) is 6.36. The predicted octanol–water partition coefficient (Wildman–Crippen LogP) is 4.05. The highest BCUT2D eigenvalue weighted by Crippen LogP contribution is 2.29. The Balaban J connectivity index is 2.40. The van der Waals surface area contributed by atoms with Gasteiger partial charge in [-0.2, -0.15) is 10.2 Å². The van der Waals surface area contributed by atoms with Gasteiger partial charge in [0.15, 0.2) is 0 Å². The van der Waals surface area contributed by atoms with Crippen molar-refractivity contribution in [1.29, 1.82) is 5.26 Å². The van der Waals surface area contributed by atoms with Gasteiger partial charge in [-0.05, 0) is 25.5 Å². The van der Waals surface area contributed by atoms with E-state index in [1.807, 2.05) is 6.92 Å². The molecule has 2 aromatic rings. The second-order valence-electron chi connectivity index (χ2n) is 4.32. The second-order valence-corrected chi connectivity index (χ2v) is 4.68. The first-order valence-corrected chi connectivity index (χ1v) is 6.73. The Kier molecular flexibility index (Phi) is 4.54. The number of hydrogen-bond acceptors (Lipinski definition) is 4. The molecule has 0 saturated heterocycles. The van der Waals surface area contributed by atoms with Crippen LogP contribution in [0.15, 0.2) is 24.3 Å². The molecule has 0 aliphatic carbocycles. The molecule has 0 bridgehead atoms. The van der Waals surface area contributed by atoms with Crippen LogP contribution in [0.3, 0.4) is 0 Å². The van der Waals surface area contributed by atoms with Gasteiger partial charge in [-0.1, -0.05) is 30.7 Å². The number of nitrogens with zero attached hydrogens (tertiary/aromatic N) is 3. The maximum absolute atomic E-state index is 9.07. The van der Waals surface area contributed by atoms with Crippen molar-refractivity contribution in [2.45, 2.75) is 26.7 Å². The lowest BCUT2D eigenvalue weighted by molar-refractivity contribution is 0.452. The van der Waals surface area contributed by atoms with E-state index >= 15 is 0 Å². The molecule has 0 amide bonds. The van der Waals surface area contributed by atoms with Gasteiger partial charge in [0.1, 0.15) is 22.8 Å². The molecule has 0 atom stereocenters. The number of ether oxygens (including phenoxy) is 1. The van der Waals surface area contributed by atoms with Crippen LogP contribution >= 0.6 is 11.6 Å². The molecular weight excluding hydrogens is 274 g/mol. The molecule has 0 fully saturated rings. The van der Waals surface area contributed by atoms with Gasteiger partial charge in [0.2, 0.25) is 5.88 Å². The molecule has 0 spiro atoms. The van der Waals surface area contributed by atoms with Crippen molar-refractivity contribution in [1.82, 2.24) is 9.97 Å². The monoisotopic (exact) mass is 287 g/mol. The summed E-state index contributed by atoms with van der Waals surface area (Å²) in [6.45, 7) is 3.84. The minimum atomic E-state index is 0.382. The van der Waals surface area contributed by atoms with Gasteiger partial charge in [-0.3, -0.25) is 0 Å². The summed E-state index contributed by atoms with van der Waals surface area (Å²) in [5.41, 5.74) is 1.12. The number of benzene rings is 1. The Morgan fingerprint density at radius 2 is 2.05 bits per heavy atom. The lowest BCUT2D eigenvalue weighted by atomic mass is 10.2. The average molecular weight is 288 g/mol. The molecule has 0 aliphatic heterocycles. The highest BCUT2D eigenvalue weighted by molar-refractivity contribution is 6.30. The molecule has 4 nitrogen and oxygen atoms in total. The van der Waals surface area contributed by atoms with Crippen LogP contribution in [0, 0.1) is 18.3 Å². The van der Waals surface area contributed by atoms with Crippen molar-refractivity contribution in [3.63, 3.8) is 0 Å². The summed E-state index contributed by atoms with van der Waals surface area (Å²) in [5.74, 6) is 1.51. The van der Waals surface area contributed by atoms with Crippen LogP contribution < -0.4 is 4.74 Å². The van der Waals surface area contributed by atoms with E-state index in [0.717, 1.165) is 12.8 Å². The van der Waals surface area contributed by atoms with Crippen LogP contribution in [0.1, 0.15) is 30.3 Å². The highest BCUT2D eigenvalue weighted by atomic mass is 35.5. The summed E-state index contributed by atoms with van der Waals surface area (Å²) in [5, 5.41) is 9.45. The molecule has 0 unspecified atom stereocenters. The topological polar surface area (TPSA) is 58.8 Å². The van der Waals surface area contributed by atoms with Gasteiger partial charge in [0, 0.05) is 12.0 Å². The molecule has 0 radical (unpaired) electrons. The Bertz CT molecular complexity index is 665. The van der Waals surface area contributed by atoms with E-state index in [0.29, 0.717) is 33.7 Å². The van der Waals surface area contributed by atoms with E-state index in [-0.39, 0.29) is 0 Å². The summed E-state index contributed by atoms with van der Waals surface area (Å²) in [6.07, 6.45) is 1.66. The van der Waals surface area contributed by atoms with Crippen molar-refractivity contribution in [2.75, 3.05) is 0 Å². The SMILES string of the molecule is CCCc1nc(Cl)c(C)c(Oc2ccccc2C#N)n1. The van der Waals surface area contributed by atoms with Gasteiger partial charge in [-0.25, -0.2) is 4.98 Å². The number of nitriles is 1. The maximum Gasteiger partial charge on any atom is 0.227 e. The molecule has 0 saturated carbocycles. The van der Waals surface area contributed by atoms with Gasteiger partial charge in [-0.15, -0.1) is 0 Å². The first-order chi connectivity index (χ1) is 9.65. The van der Waals surface area contributed by atoms with E-state index in [9.17, 15) is 0 Å². The molecule has 1 aromatic carbocycles. The normalized spacial score (nSPS) is 10.1.